The van der Waals surface area contributed by atoms with Gasteiger partial charge in [-0.3, -0.25) is 4.79 Å². The topological polar surface area (TPSA) is 64.3 Å². The summed E-state index contributed by atoms with van der Waals surface area (Å²) >= 11 is 11.8. The van der Waals surface area contributed by atoms with Gasteiger partial charge in [-0.1, -0.05) is 23.2 Å². The molecule has 1 aliphatic carbocycles. The average Bonchev–Trinajstić information content (AvgIpc) is 2.47. The molecule has 4 nitrogen and oxygen atoms in total. The lowest BCUT2D eigenvalue weighted by molar-refractivity contribution is 0.0267. The number of rotatable bonds is 5. The summed E-state index contributed by atoms with van der Waals surface area (Å²) in [7, 11) is 0. The predicted molar refractivity (Wildman–Crippen MR) is 85.0 cm³/mol. The second-order valence-electron chi connectivity index (χ2n) is 5.29. The molecule has 0 aromatic heterocycles. The van der Waals surface area contributed by atoms with Crippen LogP contribution in [-0.2, 0) is 4.74 Å². The van der Waals surface area contributed by atoms with Crippen molar-refractivity contribution in [2.45, 2.75) is 37.8 Å². The van der Waals surface area contributed by atoms with Crippen molar-refractivity contribution in [3.63, 3.8) is 0 Å². The van der Waals surface area contributed by atoms with Crippen molar-refractivity contribution in [2.75, 3.05) is 13.2 Å². The van der Waals surface area contributed by atoms with Crippen molar-refractivity contribution in [2.24, 2.45) is 5.73 Å². The normalized spacial score (nSPS) is 22.0. The minimum Gasteiger partial charge on any atom is -0.376 e. The van der Waals surface area contributed by atoms with Crippen LogP contribution in [0.4, 0.5) is 0 Å². The number of ether oxygens (including phenoxy) is 1. The molecule has 0 bridgehead atoms. The molecule has 1 aromatic rings. The predicted octanol–water partition coefficient (Wildman–Crippen LogP) is 3.01. The molecule has 116 valence electrons. The monoisotopic (exact) mass is 330 g/mol. The molecule has 0 aliphatic heterocycles. The van der Waals surface area contributed by atoms with Gasteiger partial charge < -0.3 is 15.8 Å². The summed E-state index contributed by atoms with van der Waals surface area (Å²) in [6.45, 7) is 0.939. The standard InChI is InChI=1S/C15H20Cl2N2O2/c16-10-1-6-14(17)13(9-10)15(20)19-7-8-21-12-4-2-11(18)3-5-12/h1,6,9,11-12H,2-5,7-8,18H2,(H,19,20). The van der Waals surface area contributed by atoms with Crippen molar-refractivity contribution >= 4 is 29.1 Å². The van der Waals surface area contributed by atoms with E-state index in [1.807, 2.05) is 0 Å². The van der Waals surface area contributed by atoms with Crippen LogP contribution in [0.25, 0.3) is 0 Å². The van der Waals surface area contributed by atoms with Gasteiger partial charge in [-0.15, -0.1) is 0 Å². The Morgan fingerprint density at radius 3 is 2.71 bits per heavy atom. The Bertz CT molecular complexity index is 489. The zero-order valence-electron chi connectivity index (χ0n) is 11.8. The van der Waals surface area contributed by atoms with Crippen LogP contribution in [0.1, 0.15) is 36.0 Å². The largest absolute Gasteiger partial charge is 0.376 e. The molecule has 0 spiro atoms. The fraction of sp³-hybridized carbons (Fsp3) is 0.533. The molecule has 2 rings (SSSR count). The summed E-state index contributed by atoms with van der Waals surface area (Å²) in [5, 5.41) is 3.66. The quantitative estimate of drug-likeness (QED) is 0.815. The van der Waals surface area contributed by atoms with Crippen LogP contribution in [0, 0.1) is 0 Å². The van der Waals surface area contributed by atoms with Gasteiger partial charge in [0.1, 0.15) is 0 Å². The molecule has 0 heterocycles. The zero-order valence-corrected chi connectivity index (χ0v) is 13.3. The van der Waals surface area contributed by atoms with Gasteiger partial charge in [-0.05, 0) is 43.9 Å². The van der Waals surface area contributed by atoms with E-state index >= 15 is 0 Å². The average molecular weight is 331 g/mol. The van der Waals surface area contributed by atoms with Crippen LogP contribution >= 0.6 is 23.2 Å². The lowest BCUT2D eigenvalue weighted by Crippen LogP contribution is -2.33. The van der Waals surface area contributed by atoms with Crippen LogP contribution in [0.15, 0.2) is 18.2 Å². The van der Waals surface area contributed by atoms with Gasteiger partial charge in [0.25, 0.3) is 5.91 Å². The first-order chi connectivity index (χ1) is 10.1. The first kappa shape index (κ1) is 16.6. The zero-order chi connectivity index (χ0) is 15.2. The molecule has 21 heavy (non-hydrogen) atoms. The molecule has 1 saturated carbocycles. The van der Waals surface area contributed by atoms with Crippen molar-refractivity contribution in [1.29, 1.82) is 0 Å². The number of carbonyl (C=O) groups is 1. The Hall–Kier alpha value is -0.810. The van der Waals surface area contributed by atoms with E-state index in [4.69, 9.17) is 33.7 Å². The number of amides is 1. The molecule has 1 aromatic carbocycles. The Labute approximate surface area is 134 Å². The van der Waals surface area contributed by atoms with Gasteiger partial charge in [0.05, 0.1) is 23.3 Å². The summed E-state index contributed by atoms with van der Waals surface area (Å²) < 4.78 is 5.74. The molecular weight excluding hydrogens is 311 g/mol. The van der Waals surface area contributed by atoms with E-state index in [2.05, 4.69) is 5.32 Å². The van der Waals surface area contributed by atoms with Gasteiger partial charge in [0, 0.05) is 17.6 Å². The number of nitrogens with two attached hydrogens (primary N) is 1. The molecule has 3 N–H and O–H groups in total. The summed E-state index contributed by atoms with van der Waals surface area (Å²) in [4.78, 5) is 12.0. The maximum atomic E-state index is 12.0. The van der Waals surface area contributed by atoms with Crippen LogP contribution in [0.2, 0.25) is 10.0 Å². The third-order valence-electron chi connectivity index (χ3n) is 3.63. The summed E-state index contributed by atoms with van der Waals surface area (Å²) in [5.74, 6) is -0.239. The Morgan fingerprint density at radius 2 is 2.00 bits per heavy atom. The molecule has 6 heteroatoms. The van der Waals surface area contributed by atoms with E-state index in [-0.39, 0.29) is 12.0 Å². The number of hydrogen-bond donors (Lipinski definition) is 2. The minimum atomic E-state index is -0.239. The van der Waals surface area contributed by atoms with Crippen molar-refractivity contribution in [1.82, 2.24) is 5.32 Å². The third-order valence-corrected chi connectivity index (χ3v) is 4.20. The van der Waals surface area contributed by atoms with Crippen LogP contribution in [-0.4, -0.2) is 31.2 Å². The van der Waals surface area contributed by atoms with Gasteiger partial charge in [0.2, 0.25) is 0 Å². The molecule has 0 atom stereocenters. The Kier molecular flexibility index (Phi) is 6.30. The second kappa shape index (κ2) is 7.99. The number of carbonyl (C=O) groups excluding carboxylic acids is 1. The second-order valence-corrected chi connectivity index (χ2v) is 6.13. The maximum Gasteiger partial charge on any atom is 0.252 e. The highest BCUT2D eigenvalue weighted by molar-refractivity contribution is 6.35. The fourth-order valence-electron chi connectivity index (χ4n) is 2.41. The lowest BCUT2D eigenvalue weighted by atomic mass is 9.94. The van der Waals surface area contributed by atoms with E-state index in [1.165, 1.54) is 0 Å². The summed E-state index contributed by atoms with van der Waals surface area (Å²) in [5.41, 5.74) is 6.23. The molecule has 0 unspecified atom stereocenters. The highest BCUT2D eigenvalue weighted by atomic mass is 35.5. The number of benzene rings is 1. The van der Waals surface area contributed by atoms with E-state index in [9.17, 15) is 4.79 Å². The molecule has 1 aliphatic rings. The summed E-state index contributed by atoms with van der Waals surface area (Å²) in [6, 6.07) is 5.13. The van der Waals surface area contributed by atoms with Crippen molar-refractivity contribution < 1.29 is 9.53 Å². The van der Waals surface area contributed by atoms with Crippen LogP contribution in [0.5, 0.6) is 0 Å². The molecule has 0 radical (unpaired) electrons. The smallest absolute Gasteiger partial charge is 0.252 e. The molecule has 0 saturated heterocycles. The van der Waals surface area contributed by atoms with Crippen molar-refractivity contribution in [3.05, 3.63) is 33.8 Å². The third kappa shape index (κ3) is 5.15. The number of hydrogen-bond acceptors (Lipinski definition) is 3. The van der Waals surface area contributed by atoms with Gasteiger partial charge in [-0.2, -0.15) is 0 Å². The highest BCUT2D eigenvalue weighted by Gasteiger charge is 2.18. The lowest BCUT2D eigenvalue weighted by Gasteiger charge is -2.26. The van der Waals surface area contributed by atoms with Crippen molar-refractivity contribution in [3.8, 4) is 0 Å². The van der Waals surface area contributed by atoms with Gasteiger partial charge >= 0.3 is 0 Å². The summed E-state index contributed by atoms with van der Waals surface area (Å²) in [6.07, 6.45) is 4.27. The van der Waals surface area contributed by atoms with Crippen LogP contribution in [0.3, 0.4) is 0 Å². The Morgan fingerprint density at radius 1 is 1.29 bits per heavy atom. The molecular formula is C15H20Cl2N2O2. The number of halogens is 2. The fourth-order valence-corrected chi connectivity index (χ4v) is 2.79. The molecule has 1 amide bonds. The van der Waals surface area contributed by atoms with Gasteiger partial charge in [0.15, 0.2) is 0 Å². The number of nitrogens with one attached hydrogen (secondary N) is 1. The van der Waals surface area contributed by atoms with E-state index < -0.39 is 0 Å². The first-order valence-corrected chi connectivity index (χ1v) is 7.92. The first-order valence-electron chi connectivity index (χ1n) is 7.16. The molecule has 1 fully saturated rings. The SMILES string of the molecule is NC1CCC(OCCNC(=O)c2cc(Cl)ccc2Cl)CC1. The van der Waals surface area contributed by atoms with Crippen LogP contribution < -0.4 is 11.1 Å². The van der Waals surface area contributed by atoms with E-state index in [0.29, 0.717) is 34.8 Å². The minimum absolute atomic E-state index is 0.239. The van der Waals surface area contributed by atoms with E-state index in [0.717, 1.165) is 25.7 Å². The van der Waals surface area contributed by atoms with Gasteiger partial charge in [-0.25, -0.2) is 0 Å². The Balaban J connectivity index is 1.71. The maximum absolute atomic E-state index is 12.0. The highest BCUT2D eigenvalue weighted by Crippen LogP contribution is 2.21. The van der Waals surface area contributed by atoms with E-state index in [1.54, 1.807) is 18.2 Å².